The highest BCUT2D eigenvalue weighted by atomic mass is 32.1. The number of ketones is 1. The lowest BCUT2D eigenvalue weighted by Gasteiger charge is -2.14. The van der Waals surface area contributed by atoms with E-state index in [-0.39, 0.29) is 17.7 Å². The Kier molecular flexibility index (Phi) is 5.82. The van der Waals surface area contributed by atoms with Gasteiger partial charge in [-0.05, 0) is 34.6 Å². The van der Waals surface area contributed by atoms with Crippen molar-refractivity contribution in [2.24, 2.45) is 0 Å². The van der Waals surface area contributed by atoms with Gasteiger partial charge in [0.15, 0.2) is 5.78 Å². The van der Waals surface area contributed by atoms with Crippen molar-refractivity contribution < 1.29 is 9.59 Å². The van der Waals surface area contributed by atoms with E-state index in [9.17, 15) is 9.59 Å². The minimum atomic E-state index is -0.111. The lowest BCUT2D eigenvalue weighted by Crippen LogP contribution is -2.28. The molecule has 0 fully saturated rings. The number of amides is 1. The molecule has 2 aromatic heterocycles. The second kappa shape index (κ2) is 7.65. The summed E-state index contributed by atoms with van der Waals surface area (Å²) in [5.41, 5.74) is 2.16. The molecule has 0 saturated carbocycles. The van der Waals surface area contributed by atoms with E-state index in [1.807, 2.05) is 27.7 Å². The van der Waals surface area contributed by atoms with Gasteiger partial charge >= 0.3 is 0 Å². The Morgan fingerprint density at radius 2 is 1.96 bits per heavy atom. The molecule has 2 aromatic rings. The maximum absolute atomic E-state index is 12.1. The fourth-order valence-corrected chi connectivity index (χ4v) is 3.48. The first-order chi connectivity index (χ1) is 11.3. The van der Waals surface area contributed by atoms with Crippen LogP contribution in [-0.2, 0) is 11.2 Å². The Morgan fingerprint density at radius 3 is 2.50 bits per heavy atom. The Labute approximate surface area is 145 Å². The SMILES string of the molecule is CC(=O)c1c(C)nn([C@@H](C)CC(=O)NCCc2nnc(C)s2)c1C. The van der Waals surface area contributed by atoms with Crippen molar-refractivity contribution in [3.05, 3.63) is 27.0 Å². The highest BCUT2D eigenvalue weighted by Crippen LogP contribution is 2.19. The molecule has 1 N–H and O–H groups in total. The molecule has 0 aliphatic heterocycles. The summed E-state index contributed by atoms with van der Waals surface area (Å²) in [6.45, 7) is 9.59. The number of nitrogens with one attached hydrogen (secondary N) is 1. The zero-order chi connectivity index (χ0) is 17.9. The van der Waals surface area contributed by atoms with Crippen molar-refractivity contribution in [2.45, 2.75) is 53.5 Å². The zero-order valence-electron chi connectivity index (χ0n) is 14.7. The van der Waals surface area contributed by atoms with Crippen LogP contribution in [0, 0.1) is 20.8 Å². The molecule has 0 aromatic carbocycles. The normalized spacial score (nSPS) is 12.2. The van der Waals surface area contributed by atoms with Gasteiger partial charge in [0.25, 0.3) is 0 Å². The molecule has 0 saturated heterocycles. The summed E-state index contributed by atoms with van der Waals surface area (Å²) in [5.74, 6) is -0.0408. The number of aryl methyl sites for hydroxylation is 2. The molecule has 8 heteroatoms. The summed E-state index contributed by atoms with van der Waals surface area (Å²) >= 11 is 1.54. The van der Waals surface area contributed by atoms with Crippen LogP contribution in [0.2, 0.25) is 0 Å². The summed E-state index contributed by atoms with van der Waals surface area (Å²) in [6, 6.07) is -0.111. The average molecular weight is 349 g/mol. The maximum atomic E-state index is 12.1. The van der Waals surface area contributed by atoms with Crippen molar-refractivity contribution in [3.8, 4) is 0 Å². The molecule has 130 valence electrons. The van der Waals surface area contributed by atoms with Crippen molar-refractivity contribution in [2.75, 3.05) is 6.54 Å². The fourth-order valence-electron chi connectivity index (χ4n) is 2.78. The van der Waals surface area contributed by atoms with Gasteiger partial charge in [-0.3, -0.25) is 14.3 Å². The highest BCUT2D eigenvalue weighted by molar-refractivity contribution is 7.11. The summed E-state index contributed by atoms with van der Waals surface area (Å²) in [5, 5.41) is 17.1. The number of carbonyl (C=O) groups excluding carboxylic acids is 2. The number of carbonyl (C=O) groups is 2. The quantitative estimate of drug-likeness (QED) is 0.774. The number of hydrogen-bond donors (Lipinski definition) is 1. The van der Waals surface area contributed by atoms with E-state index in [1.54, 1.807) is 4.68 Å². The van der Waals surface area contributed by atoms with Gasteiger partial charge in [-0.25, -0.2) is 0 Å². The van der Waals surface area contributed by atoms with E-state index in [1.165, 1.54) is 18.3 Å². The van der Waals surface area contributed by atoms with Crippen LogP contribution in [0.25, 0.3) is 0 Å². The zero-order valence-corrected chi connectivity index (χ0v) is 15.5. The monoisotopic (exact) mass is 349 g/mol. The molecule has 0 aliphatic carbocycles. The predicted molar refractivity (Wildman–Crippen MR) is 92.4 cm³/mol. The summed E-state index contributed by atoms with van der Waals surface area (Å²) in [4.78, 5) is 23.8. The van der Waals surface area contributed by atoms with Crippen LogP contribution in [0.5, 0.6) is 0 Å². The summed E-state index contributed by atoms with van der Waals surface area (Å²) in [7, 11) is 0. The molecular formula is C16H23N5O2S. The highest BCUT2D eigenvalue weighted by Gasteiger charge is 2.20. The molecule has 2 rings (SSSR count). The topological polar surface area (TPSA) is 89.8 Å². The van der Waals surface area contributed by atoms with Crippen molar-refractivity contribution >= 4 is 23.0 Å². The van der Waals surface area contributed by atoms with E-state index < -0.39 is 0 Å². The first kappa shape index (κ1) is 18.3. The molecule has 1 amide bonds. The van der Waals surface area contributed by atoms with E-state index in [2.05, 4.69) is 20.6 Å². The second-order valence-corrected chi connectivity index (χ2v) is 7.18. The molecule has 1 atom stereocenters. The van der Waals surface area contributed by atoms with Crippen molar-refractivity contribution in [1.82, 2.24) is 25.3 Å². The smallest absolute Gasteiger partial charge is 0.222 e. The maximum Gasteiger partial charge on any atom is 0.222 e. The number of nitrogens with zero attached hydrogens (tertiary/aromatic N) is 4. The molecule has 0 spiro atoms. The van der Waals surface area contributed by atoms with Gasteiger partial charge in [0.2, 0.25) is 5.91 Å². The minimum Gasteiger partial charge on any atom is -0.356 e. The third kappa shape index (κ3) is 4.25. The van der Waals surface area contributed by atoms with Crippen LogP contribution < -0.4 is 5.32 Å². The van der Waals surface area contributed by atoms with E-state index in [0.717, 1.165) is 15.7 Å². The Bertz CT molecular complexity index is 750. The van der Waals surface area contributed by atoms with Gasteiger partial charge < -0.3 is 5.32 Å². The molecule has 0 bridgehead atoms. The lowest BCUT2D eigenvalue weighted by atomic mass is 10.1. The van der Waals surface area contributed by atoms with Crippen LogP contribution in [0.1, 0.15) is 58.1 Å². The van der Waals surface area contributed by atoms with Crippen molar-refractivity contribution in [3.63, 3.8) is 0 Å². The second-order valence-electron chi connectivity index (χ2n) is 5.91. The van der Waals surface area contributed by atoms with E-state index >= 15 is 0 Å². The lowest BCUT2D eigenvalue weighted by molar-refractivity contribution is -0.121. The van der Waals surface area contributed by atoms with Crippen molar-refractivity contribution in [1.29, 1.82) is 0 Å². The molecule has 0 aliphatic rings. The number of aromatic nitrogens is 4. The third-order valence-electron chi connectivity index (χ3n) is 3.80. The van der Waals surface area contributed by atoms with Crippen LogP contribution >= 0.6 is 11.3 Å². The Morgan fingerprint density at radius 1 is 1.25 bits per heavy atom. The standard InChI is InChI=1S/C16H23N5O2S/c1-9(21-11(3)16(12(4)22)10(2)20-21)8-14(23)17-7-6-15-19-18-13(5)24-15/h9H,6-8H2,1-5H3,(H,17,23)/t9-/m0/s1. The number of hydrogen-bond acceptors (Lipinski definition) is 6. The van der Waals surface area contributed by atoms with Gasteiger partial charge in [0.05, 0.1) is 17.3 Å². The predicted octanol–water partition coefficient (Wildman–Crippen LogP) is 2.17. The van der Waals surface area contributed by atoms with Gasteiger partial charge in [0.1, 0.15) is 10.0 Å². The minimum absolute atomic E-state index is 0.000234. The van der Waals surface area contributed by atoms with Crippen LogP contribution in [-0.4, -0.2) is 38.2 Å². The average Bonchev–Trinajstić information content (AvgIpc) is 3.02. The van der Waals surface area contributed by atoms with E-state index in [0.29, 0.717) is 30.6 Å². The van der Waals surface area contributed by atoms with Gasteiger partial charge in [-0.15, -0.1) is 21.5 Å². The Balaban J connectivity index is 1.89. The van der Waals surface area contributed by atoms with Crippen LogP contribution in [0.15, 0.2) is 0 Å². The summed E-state index contributed by atoms with van der Waals surface area (Å²) < 4.78 is 1.76. The number of rotatable bonds is 7. The first-order valence-corrected chi connectivity index (χ1v) is 8.73. The molecule has 2 heterocycles. The molecule has 0 radical (unpaired) electrons. The molecular weight excluding hydrogens is 326 g/mol. The van der Waals surface area contributed by atoms with E-state index in [4.69, 9.17) is 0 Å². The largest absolute Gasteiger partial charge is 0.356 e. The Hall–Kier alpha value is -2.09. The molecule has 7 nitrogen and oxygen atoms in total. The van der Waals surface area contributed by atoms with Crippen LogP contribution in [0.3, 0.4) is 0 Å². The number of Topliss-reactive ketones (excluding diaryl/α,β-unsaturated/α-hetero) is 1. The first-order valence-electron chi connectivity index (χ1n) is 7.92. The molecule has 24 heavy (non-hydrogen) atoms. The van der Waals surface area contributed by atoms with Gasteiger partial charge in [-0.1, -0.05) is 0 Å². The van der Waals surface area contributed by atoms with Crippen LogP contribution in [0.4, 0.5) is 0 Å². The summed E-state index contributed by atoms with van der Waals surface area (Å²) in [6.07, 6.45) is 0.995. The third-order valence-corrected chi connectivity index (χ3v) is 4.70. The van der Waals surface area contributed by atoms with Gasteiger partial charge in [0, 0.05) is 25.1 Å². The van der Waals surface area contributed by atoms with Gasteiger partial charge in [-0.2, -0.15) is 5.10 Å². The molecule has 0 unspecified atom stereocenters. The fraction of sp³-hybridized carbons (Fsp3) is 0.562.